The zero-order valence-electron chi connectivity index (χ0n) is 23.2. The summed E-state index contributed by atoms with van der Waals surface area (Å²) in [5.74, 6) is 0. The van der Waals surface area contributed by atoms with E-state index in [2.05, 4.69) is 159 Å². The highest BCUT2D eigenvalue weighted by atomic mass is 29.3. The summed E-state index contributed by atoms with van der Waals surface area (Å²) in [6.45, 7) is 2.37. The molecule has 0 aromatic heterocycles. The average Bonchev–Trinajstić information content (AvgIpc) is 3.00. The summed E-state index contributed by atoms with van der Waals surface area (Å²) < 4.78 is 0. The van der Waals surface area contributed by atoms with Crippen LogP contribution in [0.2, 0.25) is 6.04 Å². The molecule has 0 radical (unpaired) electrons. The first-order chi connectivity index (χ1) is 19.3. The molecule has 2 heteroatoms. The lowest BCUT2D eigenvalue weighted by atomic mass is 10.2. The second kappa shape index (κ2) is 13.1. The van der Waals surface area contributed by atoms with Gasteiger partial charge in [-0.05, 0) is 18.1 Å². The van der Waals surface area contributed by atoms with Crippen LogP contribution in [0.25, 0.3) is 0 Å². The molecule has 0 aliphatic rings. The van der Waals surface area contributed by atoms with Crippen molar-refractivity contribution in [1.29, 1.82) is 0 Å². The Hall–Kier alpha value is -3.47. The van der Waals surface area contributed by atoms with Crippen molar-refractivity contribution >= 4 is 25.6 Å². The van der Waals surface area contributed by atoms with Gasteiger partial charge in [0.15, 0.2) is 0 Å². The average molecular weight is 541 g/mol. The van der Waals surface area contributed by atoms with Crippen molar-refractivity contribution in [1.82, 2.24) is 0 Å². The molecule has 39 heavy (non-hydrogen) atoms. The van der Waals surface area contributed by atoms with E-state index in [0.29, 0.717) is 0 Å². The molecule has 0 amide bonds. The molecule has 0 bridgehead atoms. The van der Waals surface area contributed by atoms with Crippen LogP contribution in [0, 0.1) is 0 Å². The number of hydrogen-bond acceptors (Lipinski definition) is 0. The molecular weight excluding hydrogens is 501 g/mol. The molecule has 0 heterocycles. The highest BCUT2D eigenvalue weighted by molar-refractivity contribution is 7.51. The van der Waals surface area contributed by atoms with Gasteiger partial charge >= 0.3 is 0 Å². The lowest BCUT2D eigenvalue weighted by Crippen LogP contribution is -2.79. The minimum absolute atomic E-state index is 1.19. The molecule has 0 unspecified atom stereocenters. The van der Waals surface area contributed by atoms with Gasteiger partial charge in [-0.3, -0.25) is 0 Å². The molecule has 5 aromatic carbocycles. The van der Waals surface area contributed by atoms with Gasteiger partial charge in [-0.25, -0.2) is 0 Å². The third-order valence-corrected chi connectivity index (χ3v) is 26.8. The third kappa shape index (κ3) is 6.08. The van der Waals surface area contributed by atoms with Gasteiger partial charge in [0.1, 0.15) is 7.59 Å². The quantitative estimate of drug-likeness (QED) is 0.141. The van der Waals surface area contributed by atoms with Crippen molar-refractivity contribution in [2.24, 2.45) is 0 Å². The Kier molecular flexibility index (Phi) is 9.08. The maximum atomic E-state index is 2.48. The van der Waals surface area contributed by atoms with E-state index in [4.69, 9.17) is 0 Å². The van der Waals surface area contributed by atoms with Crippen molar-refractivity contribution in [2.75, 3.05) is 0 Å². The van der Waals surface area contributed by atoms with E-state index in [1.165, 1.54) is 53.7 Å². The first-order valence-corrected chi connectivity index (χ1v) is 20.3. The molecule has 5 aromatic rings. The number of hydrogen-bond donors (Lipinski definition) is 0. The van der Waals surface area contributed by atoms with Crippen molar-refractivity contribution in [3.05, 3.63) is 168 Å². The molecule has 5 rings (SSSR count). The Morgan fingerprint density at radius 3 is 1.03 bits per heavy atom. The van der Waals surface area contributed by atoms with Crippen molar-refractivity contribution in [3.8, 4) is 0 Å². The smallest absolute Gasteiger partial charge is 0.0654 e. The van der Waals surface area contributed by atoms with E-state index >= 15 is 0 Å². The first kappa shape index (κ1) is 27.1. The molecular formula is C37H40Si2. The van der Waals surface area contributed by atoms with E-state index in [1.807, 2.05) is 0 Å². The van der Waals surface area contributed by atoms with Crippen molar-refractivity contribution in [2.45, 2.75) is 43.9 Å². The molecule has 0 saturated heterocycles. The van der Waals surface area contributed by atoms with Crippen molar-refractivity contribution < 1.29 is 0 Å². The Morgan fingerprint density at radius 2 is 0.718 bits per heavy atom. The maximum absolute atomic E-state index is 2.48. The molecule has 0 N–H and O–H groups in total. The van der Waals surface area contributed by atoms with E-state index in [0.717, 1.165) is 0 Å². The third-order valence-electron chi connectivity index (χ3n) is 8.50. The standard InChI is InChI=1S/C37H40Si2/c1-2-3-29-39(36-25-15-7-16-26-36,37-27-17-8-18-28-37)38(30-33-19-9-4-10-20-33,31-34-21-11-5-12-22-34)32-35-23-13-6-14-24-35/h4-28H,2-3,29-32H2,1H3. The largest absolute Gasteiger partial charge is 0.112 e. The predicted octanol–water partition coefficient (Wildman–Crippen LogP) is 7.92. The summed E-state index contributed by atoms with van der Waals surface area (Å²) in [7, 11) is -4.44. The minimum Gasteiger partial charge on any atom is -0.0654 e. The Balaban J connectivity index is 1.85. The summed E-state index contributed by atoms with van der Waals surface area (Å²) >= 11 is 0. The summed E-state index contributed by atoms with van der Waals surface area (Å²) in [5, 5.41) is 3.25. The van der Waals surface area contributed by atoms with Crippen molar-refractivity contribution in [3.63, 3.8) is 0 Å². The van der Waals surface area contributed by atoms with Gasteiger partial charge < -0.3 is 0 Å². The van der Waals surface area contributed by atoms with Crippen LogP contribution in [-0.4, -0.2) is 15.2 Å². The topological polar surface area (TPSA) is 0 Å². The Morgan fingerprint density at radius 1 is 0.410 bits per heavy atom. The SMILES string of the molecule is CCCC[Si](c1ccccc1)(c1ccccc1)[Si](Cc1ccccc1)(Cc1ccccc1)Cc1ccccc1. The van der Waals surface area contributed by atoms with Gasteiger partial charge in [0.25, 0.3) is 0 Å². The van der Waals surface area contributed by atoms with E-state index < -0.39 is 15.2 Å². The zero-order chi connectivity index (χ0) is 26.8. The monoisotopic (exact) mass is 540 g/mol. The van der Waals surface area contributed by atoms with Crippen LogP contribution < -0.4 is 10.4 Å². The molecule has 0 aliphatic heterocycles. The lowest BCUT2D eigenvalue weighted by Gasteiger charge is -2.50. The fourth-order valence-corrected chi connectivity index (χ4v) is 27.6. The molecule has 0 spiro atoms. The molecule has 0 nitrogen and oxygen atoms in total. The van der Waals surface area contributed by atoms with E-state index in [1.54, 1.807) is 10.4 Å². The molecule has 0 atom stereocenters. The second-order valence-electron chi connectivity index (χ2n) is 11.0. The van der Waals surface area contributed by atoms with Gasteiger partial charge in [0, 0.05) is 0 Å². The molecule has 0 saturated carbocycles. The Bertz CT molecular complexity index is 1240. The van der Waals surface area contributed by atoms with Crippen LogP contribution in [0.1, 0.15) is 36.5 Å². The van der Waals surface area contributed by atoms with Crippen LogP contribution in [0.5, 0.6) is 0 Å². The second-order valence-corrected chi connectivity index (χ2v) is 23.8. The van der Waals surface area contributed by atoms with Crippen LogP contribution in [0.4, 0.5) is 0 Å². The summed E-state index contributed by atoms with van der Waals surface area (Å²) in [5.41, 5.74) is 4.49. The highest BCUT2D eigenvalue weighted by Crippen LogP contribution is 2.35. The van der Waals surface area contributed by atoms with Crippen LogP contribution in [0.15, 0.2) is 152 Å². The first-order valence-electron chi connectivity index (χ1n) is 14.5. The van der Waals surface area contributed by atoms with E-state index in [-0.39, 0.29) is 0 Å². The van der Waals surface area contributed by atoms with Gasteiger partial charge in [0.05, 0.1) is 7.59 Å². The van der Waals surface area contributed by atoms with E-state index in [9.17, 15) is 0 Å². The summed E-state index contributed by atoms with van der Waals surface area (Å²) in [6, 6.07) is 62.6. The molecule has 196 valence electrons. The summed E-state index contributed by atoms with van der Waals surface area (Å²) in [6.07, 6.45) is 2.49. The van der Waals surface area contributed by atoms with Gasteiger partial charge in [-0.15, -0.1) is 0 Å². The fourth-order valence-electron chi connectivity index (χ4n) is 6.82. The normalized spacial score (nSPS) is 11.8. The Labute approximate surface area is 237 Å². The lowest BCUT2D eigenvalue weighted by molar-refractivity contribution is 0.873. The number of rotatable bonds is 12. The van der Waals surface area contributed by atoms with Gasteiger partial charge in [-0.2, -0.15) is 0 Å². The van der Waals surface area contributed by atoms with Crippen LogP contribution >= 0.6 is 0 Å². The van der Waals surface area contributed by atoms with Gasteiger partial charge in [0.2, 0.25) is 0 Å². The summed E-state index contributed by atoms with van der Waals surface area (Å²) in [4.78, 5) is 0. The molecule has 0 fully saturated rings. The zero-order valence-corrected chi connectivity index (χ0v) is 25.2. The number of benzene rings is 5. The van der Waals surface area contributed by atoms with Crippen LogP contribution in [-0.2, 0) is 18.1 Å². The van der Waals surface area contributed by atoms with Crippen LogP contribution in [0.3, 0.4) is 0 Å². The number of unbranched alkanes of at least 4 members (excludes halogenated alkanes) is 1. The van der Waals surface area contributed by atoms with Gasteiger partial charge in [-0.1, -0.05) is 205 Å². The highest BCUT2D eigenvalue weighted by Gasteiger charge is 2.56. The molecule has 0 aliphatic carbocycles. The fraction of sp³-hybridized carbons (Fsp3) is 0.189. The maximum Gasteiger partial charge on any atom is 0.112 e. The minimum atomic E-state index is -2.26. The predicted molar refractivity (Wildman–Crippen MR) is 174 cm³/mol.